The molecule has 3 aromatic rings. The topological polar surface area (TPSA) is 9.23 Å². The number of hydrogen-bond donors (Lipinski definition) is 0. The van der Waals surface area contributed by atoms with Crippen LogP contribution in [0.3, 0.4) is 0 Å². The summed E-state index contributed by atoms with van der Waals surface area (Å²) in [6.07, 6.45) is 0. The van der Waals surface area contributed by atoms with Crippen LogP contribution >= 0.6 is 23.2 Å². The Balaban J connectivity index is 2.00. The minimum absolute atomic E-state index is 0.491. The number of hydrogen-bond acceptors (Lipinski definition) is 1. The molecule has 0 atom stereocenters. The van der Waals surface area contributed by atoms with Gasteiger partial charge in [0, 0.05) is 10.6 Å². The Labute approximate surface area is 133 Å². The molecule has 0 N–H and O–H groups in total. The maximum absolute atomic E-state index is 6.17. The number of ether oxygens (including phenoxy) is 1. The van der Waals surface area contributed by atoms with Gasteiger partial charge in [-0.3, -0.25) is 0 Å². The predicted octanol–water partition coefficient (Wildman–Crippen LogP) is 6.45. The summed E-state index contributed by atoms with van der Waals surface area (Å²) in [7, 11) is 0. The molecule has 0 spiro atoms. The monoisotopic (exact) mass is 314 g/mol. The molecule has 0 aliphatic carbocycles. The van der Waals surface area contributed by atoms with Gasteiger partial charge in [0.1, 0.15) is 11.5 Å². The first-order valence-electron chi connectivity index (χ1n) is 6.51. The molecule has 0 heterocycles. The van der Waals surface area contributed by atoms with Crippen LogP contribution in [-0.4, -0.2) is 0 Å². The van der Waals surface area contributed by atoms with Gasteiger partial charge >= 0.3 is 0 Å². The summed E-state index contributed by atoms with van der Waals surface area (Å²) in [5, 5.41) is 1.08. The molecule has 21 heavy (non-hydrogen) atoms. The third-order valence-corrected chi connectivity index (χ3v) is 3.62. The molecule has 0 aliphatic heterocycles. The van der Waals surface area contributed by atoms with E-state index in [2.05, 4.69) is 0 Å². The van der Waals surface area contributed by atoms with Crippen molar-refractivity contribution in [1.82, 2.24) is 0 Å². The van der Waals surface area contributed by atoms with E-state index in [9.17, 15) is 0 Å². The average molecular weight is 315 g/mol. The largest absolute Gasteiger partial charge is 0.455 e. The first-order chi connectivity index (χ1) is 10.2. The van der Waals surface area contributed by atoms with Crippen LogP contribution in [0.5, 0.6) is 11.5 Å². The molecule has 0 saturated carbocycles. The zero-order chi connectivity index (χ0) is 14.7. The lowest BCUT2D eigenvalue weighted by molar-refractivity contribution is 0.485. The second kappa shape index (κ2) is 6.21. The highest BCUT2D eigenvalue weighted by molar-refractivity contribution is 6.35. The Kier molecular flexibility index (Phi) is 4.14. The van der Waals surface area contributed by atoms with Gasteiger partial charge in [-0.2, -0.15) is 0 Å². The van der Waals surface area contributed by atoms with E-state index >= 15 is 0 Å². The second-order valence-corrected chi connectivity index (χ2v) is 5.38. The van der Waals surface area contributed by atoms with Crippen LogP contribution in [0.1, 0.15) is 0 Å². The predicted molar refractivity (Wildman–Crippen MR) is 88.4 cm³/mol. The van der Waals surface area contributed by atoms with Crippen molar-refractivity contribution in [2.45, 2.75) is 0 Å². The zero-order valence-corrected chi connectivity index (χ0v) is 12.6. The van der Waals surface area contributed by atoms with Gasteiger partial charge < -0.3 is 4.74 Å². The van der Waals surface area contributed by atoms with E-state index < -0.39 is 0 Å². The van der Waals surface area contributed by atoms with Gasteiger partial charge in [0.15, 0.2) is 0 Å². The van der Waals surface area contributed by atoms with E-state index in [0.717, 1.165) is 16.9 Å². The highest BCUT2D eigenvalue weighted by atomic mass is 35.5. The molecule has 0 aliphatic rings. The Morgan fingerprint density at radius 2 is 1.38 bits per heavy atom. The zero-order valence-electron chi connectivity index (χ0n) is 11.1. The van der Waals surface area contributed by atoms with Crippen LogP contribution < -0.4 is 4.74 Å². The van der Waals surface area contributed by atoms with E-state index in [4.69, 9.17) is 27.9 Å². The van der Waals surface area contributed by atoms with E-state index in [1.807, 2.05) is 54.6 Å². The van der Waals surface area contributed by atoms with E-state index in [-0.39, 0.29) is 0 Å². The molecule has 1 nitrogen and oxygen atoms in total. The van der Waals surface area contributed by atoms with Crippen LogP contribution in [0.25, 0.3) is 11.1 Å². The van der Waals surface area contributed by atoms with Gasteiger partial charge in [0.25, 0.3) is 0 Å². The fourth-order valence-electron chi connectivity index (χ4n) is 2.09. The first-order valence-corrected chi connectivity index (χ1v) is 7.27. The van der Waals surface area contributed by atoms with Crippen molar-refractivity contribution in [1.29, 1.82) is 0 Å². The number of halogens is 2. The van der Waals surface area contributed by atoms with Gasteiger partial charge in [-0.05, 0) is 29.8 Å². The molecule has 104 valence electrons. The molecule has 0 fully saturated rings. The molecule has 0 unspecified atom stereocenters. The summed E-state index contributed by atoms with van der Waals surface area (Å²) >= 11 is 12.1. The summed E-state index contributed by atoms with van der Waals surface area (Å²) in [5.74, 6) is 1.34. The normalized spacial score (nSPS) is 10.4. The molecule has 0 radical (unpaired) electrons. The maximum atomic E-state index is 6.17. The van der Waals surface area contributed by atoms with Crippen molar-refractivity contribution in [2.24, 2.45) is 0 Å². The van der Waals surface area contributed by atoms with Crippen LogP contribution in [0.2, 0.25) is 10.0 Å². The fraction of sp³-hybridized carbons (Fsp3) is 0. The average Bonchev–Trinajstić information content (AvgIpc) is 2.51. The van der Waals surface area contributed by atoms with Crippen molar-refractivity contribution in [3.8, 4) is 22.6 Å². The number of para-hydroxylation sites is 1. The van der Waals surface area contributed by atoms with E-state index in [1.54, 1.807) is 18.2 Å². The van der Waals surface area contributed by atoms with Crippen LogP contribution in [0.15, 0.2) is 72.8 Å². The summed E-state index contributed by atoms with van der Waals surface area (Å²) in [5.41, 5.74) is 2.11. The molecule has 0 saturated heterocycles. The van der Waals surface area contributed by atoms with Crippen LogP contribution in [0, 0.1) is 0 Å². The van der Waals surface area contributed by atoms with Gasteiger partial charge in [-0.1, -0.05) is 71.7 Å². The van der Waals surface area contributed by atoms with Crippen LogP contribution in [-0.2, 0) is 0 Å². The Morgan fingerprint density at radius 3 is 2.14 bits per heavy atom. The third kappa shape index (κ3) is 3.21. The SMILES string of the molecule is Clc1ccc(Oc2ccccc2-c2ccccc2)c(Cl)c1. The quantitative estimate of drug-likeness (QED) is 0.539. The minimum Gasteiger partial charge on any atom is -0.455 e. The van der Waals surface area contributed by atoms with Crippen molar-refractivity contribution in [2.75, 3.05) is 0 Å². The molecule has 0 bridgehead atoms. The molecular weight excluding hydrogens is 303 g/mol. The molecule has 3 aromatic carbocycles. The molecule has 0 aromatic heterocycles. The standard InChI is InChI=1S/C18H12Cl2O/c19-14-10-11-18(16(20)12-14)21-17-9-5-4-8-15(17)13-6-2-1-3-7-13/h1-12H. The van der Waals surface area contributed by atoms with Crippen molar-refractivity contribution < 1.29 is 4.74 Å². The van der Waals surface area contributed by atoms with Crippen molar-refractivity contribution in [3.63, 3.8) is 0 Å². The lowest BCUT2D eigenvalue weighted by Crippen LogP contribution is -1.89. The van der Waals surface area contributed by atoms with Crippen molar-refractivity contribution >= 4 is 23.2 Å². The number of benzene rings is 3. The Bertz CT molecular complexity index is 754. The number of rotatable bonds is 3. The summed E-state index contributed by atoms with van der Waals surface area (Å²) in [6.45, 7) is 0. The molecule has 3 rings (SSSR count). The second-order valence-electron chi connectivity index (χ2n) is 4.54. The third-order valence-electron chi connectivity index (χ3n) is 3.09. The van der Waals surface area contributed by atoms with Crippen molar-refractivity contribution in [3.05, 3.63) is 82.8 Å². The first kappa shape index (κ1) is 14.0. The van der Waals surface area contributed by atoms with Crippen LogP contribution in [0.4, 0.5) is 0 Å². The van der Waals surface area contributed by atoms with E-state index in [1.165, 1.54) is 0 Å². The highest BCUT2D eigenvalue weighted by Crippen LogP contribution is 2.36. The maximum Gasteiger partial charge on any atom is 0.146 e. The summed E-state index contributed by atoms with van der Waals surface area (Å²) in [4.78, 5) is 0. The minimum atomic E-state index is 0.491. The Morgan fingerprint density at radius 1 is 0.667 bits per heavy atom. The van der Waals surface area contributed by atoms with Gasteiger partial charge in [-0.15, -0.1) is 0 Å². The van der Waals surface area contributed by atoms with Gasteiger partial charge in [-0.25, -0.2) is 0 Å². The lowest BCUT2D eigenvalue weighted by atomic mass is 10.1. The molecular formula is C18H12Cl2O. The Hall–Kier alpha value is -1.96. The fourth-order valence-corrected chi connectivity index (χ4v) is 2.54. The smallest absolute Gasteiger partial charge is 0.146 e. The summed E-state index contributed by atoms with van der Waals surface area (Å²) in [6, 6.07) is 23.2. The van der Waals surface area contributed by atoms with E-state index in [0.29, 0.717) is 15.8 Å². The molecule has 0 amide bonds. The van der Waals surface area contributed by atoms with Gasteiger partial charge in [0.2, 0.25) is 0 Å². The molecule has 3 heteroatoms. The van der Waals surface area contributed by atoms with Gasteiger partial charge in [0.05, 0.1) is 5.02 Å². The summed E-state index contributed by atoms with van der Waals surface area (Å²) < 4.78 is 5.96. The highest BCUT2D eigenvalue weighted by Gasteiger charge is 2.09. The lowest BCUT2D eigenvalue weighted by Gasteiger charge is -2.12.